The molecule has 1 heterocycles. The number of carbonyl (C=O) groups excluding carboxylic acids is 1. The van der Waals surface area contributed by atoms with E-state index in [1.165, 1.54) is 17.0 Å². The molecule has 0 radical (unpaired) electrons. The molecule has 1 N–H and O–H groups in total. The van der Waals surface area contributed by atoms with Gasteiger partial charge >= 0.3 is 10.4 Å². The Hall–Kier alpha value is -2.13. The van der Waals surface area contributed by atoms with E-state index in [-0.39, 0.29) is 34.6 Å². The largest absolute Gasteiger partial charge is 0.466 e. The zero-order valence-electron chi connectivity index (χ0n) is 14.9. The van der Waals surface area contributed by atoms with Gasteiger partial charge < -0.3 is 4.90 Å². The molecule has 28 heavy (non-hydrogen) atoms. The van der Waals surface area contributed by atoms with Crippen LogP contribution in [0, 0.1) is 13.8 Å². The van der Waals surface area contributed by atoms with Crippen molar-refractivity contribution in [2.75, 3.05) is 11.4 Å². The molecule has 0 aromatic heterocycles. The third kappa shape index (κ3) is 4.30. The summed E-state index contributed by atoms with van der Waals surface area (Å²) < 4.78 is 34.6. The predicted octanol–water partition coefficient (Wildman–Crippen LogP) is 4.18. The van der Waals surface area contributed by atoms with Crippen LogP contribution in [0.15, 0.2) is 35.5 Å². The summed E-state index contributed by atoms with van der Waals surface area (Å²) in [6.45, 7) is 4.01. The second-order valence-electron chi connectivity index (χ2n) is 6.35. The van der Waals surface area contributed by atoms with Crippen LogP contribution < -0.4 is 4.90 Å². The fourth-order valence-corrected chi connectivity index (χ4v) is 3.57. The summed E-state index contributed by atoms with van der Waals surface area (Å²) in [4.78, 5) is 14.7. The second-order valence-corrected chi connectivity index (χ2v) is 8.17. The molecule has 0 bridgehead atoms. The minimum absolute atomic E-state index is 0.192. The summed E-state index contributed by atoms with van der Waals surface area (Å²) >= 11 is 12.2. The van der Waals surface area contributed by atoms with Crippen LogP contribution in [-0.4, -0.2) is 31.1 Å². The number of oxime groups is 1. The van der Waals surface area contributed by atoms with Crippen LogP contribution in [0.3, 0.4) is 0 Å². The number of hydrogen-bond donors (Lipinski definition) is 1. The summed E-state index contributed by atoms with van der Waals surface area (Å²) in [6, 6.07) is 8.53. The molecule has 2 aromatic carbocycles. The van der Waals surface area contributed by atoms with E-state index >= 15 is 0 Å². The number of carbonyl (C=O) groups is 1. The molecule has 0 aliphatic carbocycles. The summed E-state index contributed by atoms with van der Waals surface area (Å²) in [5.41, 5.74) is 3.44. The van der Waals surface area contributed by atoms with Gasteiger partial charge in [-0.2, -0.15) is 8.42 Å². The summed E-state index contributed by atoms with van der Waals surface area (Å²) in [6.07, 6.45) is 0.192. The molecular weight excluding hydrogens is 427 g/mol. The molecule has 1 amide bonds. The van der Waals surface area contributed by atoms with Gasteiger partial charge in [0.2, 0.25) is 0 Å². The molecule has 3 rings (SSSR count). The first kappa shape index (κ1) is 20.6. The Balaban J connectivity index is 2.08. The van der Waals surface area contributed by atoms with Gasteiger partial charge in [-0.1, -0.05) is 46.1 Å². The van der Waals surface area contributed by atoms with Crippen molar-refractivity contribution in [2.45, 2.75) is 20.3 Å². The third-order valence-electron chi connectivity index (χ3n) is 4.31. The molecule has 1 aliphatic heterocycles. The average Bonchev–Trinajstić information content (AvgIpc) is 2.59. The maximum Gasteiger partial charge on any atom is 0.466 e. The Kier molecular flexibility index (Phi) is 5.67. The van der Waals surface area contributed by atoms with E-state index in [0.717, 1.165) is 11.1 Å². The molecule has 2 aromatic rings. The van der Waals surface area contributed by atoms with Gasteiger partial charge in [0.15, 0.2) is 0 Å². The first-order valence-corrected chi connectivity index (χ1v) is 10.3. The van der Waals surface area contributed by atoms with E-state index in [0.29, 0.717) is 16.8 Å². The molecule has 7 nitrogen and oxygen atoms in total. The Morgan fingerprint density at radius 3 is 2.50 bits per heavy atom. The molecule has 0 saturated heterocycles. The molecule has 1 aliphatic rings. The molecule has 0 saturated carbocycles. The first-order valence-electron chi connectivity index (χ1n) is 8.18. The van der Waals surface area contributed by atoms with E-state index in [1.54, 1.807) is 6.07 Å². The Bertz CT molecular complexity index is 1100. The number of aryl methyl sites for hydroxylation is 2. The summed E-state index contributed by atoms with van der Waals surface area (Å²) in [5.74, 6) is -0.230. The molecular formula is C18H16Cl2N2O5S. The van der Waals surface area contributed by atoms with Crippen LogP contribution in [0.4, 0.5) is 5.69 Å². The minimum Gasteiger partial charge on any atom is -0.307 e. The van der Waals surface area contributed by atoms with Crippen molar-refractivity contribution in [1.29, 1.82) is 0 Å². The van der Waals surface area contributed by atoms with Gasteiger partial charge in [-0.05, 0) is 37.6 Å². The molecule has 148 valence electrons. The maximum absolute atomic E-state index is 13.2. The van der Waals surface area contributed by atoms with Crippen LogP contribution in [0.2, 0.25) is 10.0 Å². The monoisotopic (exact) mass is 442 g/mol. The first-order chi connectivity index (χ1) is 13.1. The molecule has 0 fully saturated rings. The maximum atomic E-state index is 13.2. The van der Waals surface area contributed by atoms with Crippen molar-refractivity contribution in [2.24, 2.45) is 5.16 Å². The number of hydrogen-bond acceptors (Lipinski definition) is 5. The normalized spacial score (nSPS) is 15.5. The van der Waals surface area contributed by atoms with Crippen LogP contribution in [0.1, 0.15) is 33.5 Å². The fraction of sp³-hybridized carbons (Fsp3) is 0.222. The number of halogens is 2. The SMILES string of the molecule is Cc1ccc(C(=O)N2CC/C(=N\OS(=O)(=O)O)c3cc(Cl)c(Cl)cc32)c(C)c1. The topological polar surface area (TPSA) is 96.3 Å². The zero-order chi connectivity index (χ0) is 20.6. The lowest BCUT2D eigenvalue weighted by molar-refractivity contribution is 0.0986. The molecule has 0 atom stereocenters. The highest BCUT2D eigenvalue weighted by atomic mass is 35.5. The van der Waals surface area contributed by atoms with Gasteiger partial charge in [0.25, 0.3) is 5.91 Å². The van der Waals surface area contributed by atoms with Gasteiger partial charge in [-0.25, -0.2) is 4.28 Å². The van der Waals surface area contributed by atoms with Gasteiger partial charge in [0.1, 0.15) is 0 Å². The third-order valence-corrected chi connectivity index (χ3v) is 5.30. The van der Waals surface area contributed by atoms with Crippen LogP contribution in [-0.2, 0) is 14.7 Å². The smallest absolute Gasteiger partial charge is 0.307 e. The quantitative estimate of drug-likeness (QED) is 0.567. The second kappa shape index (κ2) is 7.71. The summed E-state index contributed by atoms with van der Waals surface area (Å²) in [7, 11) is -4.75. The van der Waals surface area contributed by atoms with Gasteiger partial charge in [0.05, 0.1) is 21.4 Å². The highest BCUT2D eigenvalue weighted by Crippen LogP contribution is 2.36. The lowest BCUT2D eigenvalue weighted by Gasteiger charge is -2.31. The van der Waals surface area contributed by atoms with Crippen molar-refractivity contribution in [3.63, 3.8) is 0 Å². The minimum atomic E-state index is -4.75. The molecule has 10 heteroatoms. The van der Waals surface area contributed by atoms with Crippen molar-refractivity contribution in [3.8, 4) is 0 Å². The lowest BCUT2D eigenvalue weighted by atomic mass is 9.97. The van der Waals surface area contributed by atoms with E-state index in [2.05, 4.69) is 9.44 Å². The van der Waals surface area contributed by atoms with Crippen LogP contribution >= 0.6 is 23.2 Å². The highest BCUT2D eigenvalue weighted by molar-refractivity contribution is 7.80. The highest BCUT2D eigenvalue weighted by Gasteiger charge is 2.29. The van der Waals surface area contributed by atoms with Crippen molar-refractivity contribution in [1.82, 2.24) is 0 Å². The average molecular weight is 443 g/mol. The summed E-state index contributed by atoms with van der Waals surface area (Å²) in [5, 5.41) is 3.94. The van der Waals surface area contributed by atoms with E-state index < -0.39 is 10.4 Å². The Morgan fingerprint density at radius 1 is 1.18 bits per heavy atom. The van der Waals surface area contributed by atoms with E-state index in [9.17, 15) is 13.2 Å². The molecule has 0 spiro atoms. The number of amides is 1. The standard InChI is InChI=1S/C18H16Cl2N2O5S/c1-10-3-4-12(11(2)7-10)18(23)22-6-5-16(21-27-28(24,25)26)13-8-14(19)15(20)9-17(13)22/h3-4,7-9H,5-6H2,1-2H3,(H,24,25,26)/b21-16+. The lowest BCUT2D eigenvalue weighted by Crippen LogP contribution is -2.38. The van der Waals surface area contributed by atoms with Gasteiger partial charge in [-0.15, -0.1) is 0 Å². The van der Waals surface area contributed by atoms with E-state index in [4.69, 9.17) is 27.8 Å². The van der Waals surface area contributed by atoms with Crippen molar-refractivity contribution in [3.05, 3.63) is 62.6 Å². The molecule has 0 unspecified atom stereocenters. The zero-order valence-corrected chi connectivity index (χ0v) is 17.3. The van der Waals surface area contributed by atoms with E-state index in [1.807, 2.05) is 26.0 Å². The number of anilines is 1. The fourth-order valence-electron chi connectivity index (χ4n) is 3.06. The van der Waals surface area contributed by atoms with Crippen LogP contribution in [0.5, 0.6) is 0 Å². The van der Waals surface area contributed by atoms with Gasteiger partial charge in [-0.3, -0.25) is 9.35 Å². The number of fused-ring (bicyclic) bond motifs is 1. The van der Waals surface area contributed by atoms with Gasteiger partial charge in [0, 0.05) is 24.1 Å². The number of nitrogens with zero attached hydrogens (tertiary/aromatic N) is 2. The Morgan fingerprint density at radius 2 is 1.86 bits per heavy atom. The number of rotatable bonds is 3. The number of benzene rings is 2. The predicted molar refractivity (Wildman–Crippen MR) is 108 cm³/mol. The van der Waals surface area contributed by atoms with Crippen LogP contribution in [0.25, 0.3) is 0 Å². The van der Waals surface area contributed by atoms with Crippen molar-refractivity contribution < 1.29 is 22.0 Å². The van der Waals surface area contributed by atoms with Crippen molar-refractivity contribution >= 4 is 50.9 Å². The Labute approximate surface area is 172 Å².